The summed E-state index contributed by atoms with van der Waals surface area (Å²) in [4.78, 5) is 1.18. The maximum atomic E-state index is 6.18. The summed E-state index contributed by atoms with van der Waals surface area (Å²) in [6.45, 7) is 7.79. The Balaban J connectivity index is 2.57. The Morgan fingerprint density at radius 3 is 2.59 bits per heavy atom. The molecule has 0 heterocycles. The molecule has 0 spiro atoms. The number of thioether (sulfide) groups is 1. The molecule has 2 unspecified atom stereocenters. The summed E-state index contributed by atoms with van der Waals surface area (Å²) in [7, 11) is 0. The van der Waals surface area contributed by atoms with E-state index in [0.717, 1.165) is 18.0 Å². The maximum Gasteiger partial charge on any atom is 0.0541 e. The lowest BCUT2D eigenvalue weighted by atomic mass is 10.1. The van der Waals surface area contributed by atoms with E-state index in [4.69, 9.17) is 11.6 Å². The van der Waals surface area contributed by atoms with Crippen molar-refractivity contribution < 1.29 is 0 Å². The van der Waals surface area contributed by atoms with Crippen LogP contribution in [0, 0.1) is 0 Å². The van der Waals surface area contributed by atoms with Gasteiger partial charge in [-0.05, 0) is 31.5 Å². The van der Waals surface area contributed by atoms with Gasteiger partial charge in [0.05, 0.1) is 5.02 Å². The summed E-state index contributed by atoms with van der Waals surface area (Å²) in [5.74, 6) is 0. The molecule has 0 aromatic heterocycles. The van der Waals surface area contributed by atoms with Crippen LogP contribution in [-0.4, -0.2) is 17.8 Å². The molecule has 1 rings (SSSR count). The van der Waals surface area contributed by atoms with Gasteiger partial charge in [-0.2, -0.15) is 0 Å². The number of hydrogen-bond acceptors (Lipinski definition) is 2. The fourth-order valence-corrected chi connectivity index (χ4v) is 3.26. The van der Waals surface area contributed by atoms with Crippen LogP contribution in [0.2, 0.25) is 5.02 Å². The summed E-state index contributed by atoms with van der Waals surface area (Å²) in [5.41, 5.74) is 0. The third-order valence-corrected chi connectivity index (χ3v) is 4.56. The predicted molar refractivity (Wildman–Crippen MR) is 79.1 cm³/mol. The first-order valence-electron chi connectivity index (χ1n) is 6.33. The molecule has 0 aliphatic heterocycles. The standard InChI is InChI=1S/C14H22ClNS/c1-4-10-16-13(5-2)11(3)17-14-9-7-6-8-12(14)15/h6-9,11,13,16H,4-5,10H2,1-3H3. The smallest absolute Gasteiger partial charge is 0.0541 e. The molecule has 17 heavy (non-hydrogen) atoms. The number of halogens is 1. The minimum Gasteiger partial charge on any atom is -0.313 e. The van der Waals surface area contributed by atoms with Crippen LogP contribution in [0.25, 0.3) is 0 Å². The second kappa shape index (κ2) is 8.02. The van der Waals surface area contributed by atoms with E-state index in [1.165, 1.54) is 11.3 Å². The Labute approximate surface area is 114 Å². The Hall–Kier alpha value is -0.180. The first-order chi connectivity index (χ1) is 8.19. The lowest BCUT2D eigenvalue weighted by Gasteiger charge is -2.23. The van der Waals surface area contributed by atoms with Crippen LogP contribution in [0.3, 0.4) is 0 Å². The molecule has 0 saturated carbocycles. The fraction of sp³-hybridized carbons (Fsp3) is 0.571. The van der Waals surface area contributed by atoms with Gasteiger partial charge in [-0.25, -0.2) is 0 Å². The number of rotatable bonds is 7. The summed E-state index contributed by atoms with van der Waals surface area (Å²) in [6, 6.07) is 8.62. The molecule has 96 valence electrons. The van der Waals surface area contributed by atoms with Crippen molar-refractivity contribution in [1.29, 1.82) is 0 Å². The topological polar surface area (TPSA) is 12.0 Å². The molecule has 0 fully saturated rings. The van der Waals surface area contributed by atoms with Crippen molar-refractivity contribution in [3.8, 4) is 0 Å². The molecule has 0 radical (unpaired) electrons. The van der Waals surface area contributed by atoms with Gasteiger partial charge in [-0.1, -0.05) is 44.5 Å². The van der Waals surface area contributed by atoms with Crippen LogP contribution < -0.4 is 5.32 Å². The monoisotopic (exact) mass is 271 g/mol. The molecule has 2 atom stereocenters. The molecule has 1 aromatic rings. The highest BCUT2D eigenvalue weighted by Gasteiger charge is 2.16. The zero-order chi connectivity index (χ0) is 12.7. The van der Waals surface area contributed by atoms with Crippen LogP contribution in [0.4, 0.5) is 0 Å². The lowest BCUT2D eigenvalue weighted by molar-refractivity contribution is 0.494. The Morgan fingerprint density at radius 1 is 1.29 bits per heavy atom. The van der Waals surface area contributed by atoms with E-state index < -0.39 is 0 Å². The first kappa shape index (κ1) is 14.9. The fourth-order valence-electron chi connectivity index (χ4n) is 1.79. The first-order valence-corrected chi connectivity index (χ1v) is 7.59. The zero-order valence-corrected chi connectivity index (χ0v) is 12.4. The van der Waals surface area contributed by atoms with Crippen molar-refractivity contribution in [3.05, 3.63) is 29.3 Å². The van der Waals surface area contributed by atoms with Crippen molar-refractivity contribution in [3.63, 3.8) is 0 Å². The summed E-state index contributed by atoms with van der Waals surface area (Å²) in [6.07, 6.45) is 2.33. The molecule has 1 nitrogen and oxygen atoms in total. The number of hydrogen-bond donors (Lipinski definition) is 1. The predicted octanol–water partition coefficient (Wildman–Crippen LogP) is 4.60. The zero-order valence-electron chi connectivity index (χ0n) is 10.9. The van der Waals surface area contributed by atoms with Gasteiger partial charge >= 0.3 is 0 Å². The van der Waals surface area contributed by atoms with Crippen LogP contribution in [0.1, 0.15) is 33.6 Å². The van der Waals surface area contributed by atoms with E-state index in [1.807, 2.05) is 30.0 Å². The highest BCUT2D eigenvalue weighted by molar-refractivity contribution is 8.00. The molecule has 0 amide bonds. The molecule has 1 N–H and O–H groups in total. The van der Waals surface area contributed by atoms with E-state index in [1.54, 1.807) is 0 Å². The average Bonchev–Trinajstić information content (AvgIpc) is 2.33. The third-order valence-electron chi connectivity index (χ3n) is 2.81. The van der Waals surface area contributed by atoms with Crippen LogP contribution in [0.15, 0.2) is 29.2 Å². The second-order valence-corrected chi connectivity index (χ2v) is 6.05. The highest BCUT2D eigenvalue weighted by Crippen LogP contribution is 2.31. The molecule has 3 heteroatoms. The lowest BCUT2D eigenvalue weighted by Crippen LogP contribution is -2.36. The Kier molecular flexibility index (Phi) is 7.02. The summed E-state index contributed by atoms with van der Waals surface area (Å²) < 4.78 is 0. The minimum absolute atomic E-state index is 0.534. The Bertz CT molecular complexity index is 330. The van der Waals surface area contributed by atoms with Crippen LogP contribution in [-0.2, 0) is 0 Å². The highest BCUT2D eigenvalue weighted by atomic mass is 35.5. The van der Waals surface area contributed by atoms with E-state index in [0.29, 0.717) is 11.3 Å². The van der Waals surface area contributed by atoms with E-state index >= 15 is 0 Å². The van der Waals surface area contributed by atoms with Crippen molar-refractivity contribution in [2.75, 3.05) is 6.54 Å². The van der Waals surface area contributed by atoms with Gasteiger partial charge in [-0.15, -0.1) is 11.8 Å². The second-order valence-electron chi connectivity index (χ2n) is 4.22. The molecule has 0 aliphatic carbocycles. The minimum atomic E-state index is 0.534. The van der Waals surface area contributed by atoms with Gasteiger partial charge < -0.3 is 5.32 Å². The normalized spacial score (nSPS) is 14.6. The molecule has 1 aromatic carbocycles. The molecular weight excluding hydrogens is 250 g/mol. The summed E-state index contributed by atoms with van der Waals surface area (Å²) >= 11 is 8.04. The van der Waals surface area contributed by atoms with Crippen molar-refractivity contribution in [2.45, 2.75) is 49.8 Å². The molecule has 0 bridgehead atoms. The van der Waals surface area contributed by atoms with Gasteiger partial charge in [0, 0.05) is 16.2 Å². The number of benzene rings is 1. The summed E-state index contributed by atoms with van der Waals surface area (Å²) in [5, 5.41) is 4.98. The van der Waals surface area contributed by atoms with Gasteiger partial charge in [0.15, 0.2) is 0 Å². The molecule has 0 aliphatic rings. The van der Waals surface area contributed by atoms with Gasteiger partial charge in [0.2, 0.25) is 0 Å². The van der Waals surface area contributed by atoms with Crippen molar-refractivity contribution >= 4 is 23.4 Å². The van der Waals surface area contributed by atoms with Crippen molar-refractivity contribution in [2.24, 2.45) is 0 Å². The Morgan fingerprint density at radius 2 is 2.00 bits per heavy atom. The molecular formula is C14H22ClNS. The van der Waals surface area contributed by atoms with Gasteiger partial charge in [0.25, 0.3) is 0 Å². The maximum absolute atomic E-state index is 6.18. The van der Waals surface area contributed by atoms with E-state index in [9.17, 15) is 0 Å². The van der Waals surface area contributed by atoms with Crippen molar-refractivity contribution in [1.82, 2.24) is 5.32 Å². The molecule has 0 saturated heterocycles. The van der Waals surface area contributed by atoms with Gasteiger partial charge in [-0.3, -0.25) is 0 Å². The third kappa shape index (κ3) is 4.90. The van der Waals surface area contributed by atoms with Crippen LogP contribution in [0.5, 0.6) is 0 Å². The van der Waals surface area contributed by atoms with Gasteiger partial charge in [0.1, 0.15) is 0 Å². The van der Waals surface area contributed by atoms with E-state index in [-0.39, 0.29) is 0 Å². The quantitative estimate of drug-likeness (QED) is 0.728. The largest absolute Gasteiger partial charge is 0.313 e. The van der Waals surface area contributed by atoms with Crippen LogP contribution >= 0.6 is 23.4 Å². The average molecular weight is 272 g/mol. The number of nitrogens with one attached hydrogen (secondary N) is 1. The van der Waals surface area contributed by atoms with E-state index in [2.05, 4.69) is 32.2 Å². The SMILES string of the molecule is CCCNC(CC)C(C)Sc1ccccc1Cl.